The van der Waals surface area contributed by atoms with E-state index in [-0.39, 0.29) is 22.6 Å². The van der Waals surface area contributed by atoms with Gasteiger partial charge in [-0.1, -0.05) is 6.07 Å². The smallest absolute Gasteiger partial charge is 0.417 e. The van der Waals surface area contributed by atoms with Gasteiger partial charge in [0, 0.05) is 30.6 Å². The van der Waals surface area contributed by atoms with Crippen molar-refractivity contribution in [2.75, 3.05) is 31.6 Å². The van der Waals surface area contributed by atoms with Crippen LogP contribution in [-0.2, 0) is 17.5 Å². The number of rotatable bonds is 5. The lowest BCUT2D eigenvalue weighted by atomic mass is 10.1. The number of carbonyl (C=O) groups is 1. The number of ether oxygens (including phenoxy) is 1. The Hall–Kier alpha value is -3.35. The summed E-state index contributed by atoms with van der Waals surface area (Å²) in [5.41, 5.74) is -0.537. The van der Waals surface area contributed by atoms with Crippen molar-refractivity contribution >= 4 is 33.5 Å². The molecule has 0 saturated carbocycles. The van der Waals surface area contributed by atoms with Crippen LogP contribution in [0.5, 0.6) is 0 Å². The molecule has 0 radical (unpaired) electrons. The quantitative estimate of drug-likeness (QED) is 0.375. The maximum atomic E-state index is 13.5. The van der Waals surface area contributed by atoms with Crippen LogP contribution in [0.25, 0.3) is 22.6 Å². The molecule has 0 unspecified atom stereocenters. The van der Waals surface area contributed by atoms with E-state index in [1.54, 1.807) is 6.07 Å². The molecule has 1 amide bonds. The highest BCUT2D eigenvalue weighted by molar-refractivity contribution is 7.14. The third kappa shape index (κ3) is 5.04. The van der Waals surface area contributed by atoms with Gasteiger partial charge in [0.25, 0.3) is 5.91 Å². The number of halogens is 4. The Morgan fingerprint density at radius 3 is 2.71 bits per heavy atom. The van der Waals surface area contributed by atoms with Crippen molar-refractivity contribution in [3.05, 3.63) is 64.4 Å². The number of para-hydroxylation sites is 1. The zero-order valence-electron chi connectivity index (χ0n) is 18.1. The molecule has 182 valence electrons. The van der Waals surface area contributed by atoms with Crippen LogP contribution in [-0.4, -0.2) is 47.1 Å². The Bertz CT molecular complexity index is 1380. The fourth-order valence-electron chi connectivity index (χ4n) is 3.77. The van der Waals surface area contributed by atoms with Crippen molar-refractivity contribution in [2.45, 2.75) is 12.7 Å². The van der Waals surface area contributed by atoms with E-state index in [1.165, 1.54) is 23.5 Å². The number of amides is 1. The number of nitrogens with one attached hydrogen (secondary N) is 1. The van der Waals surface area contributed by atoms with E-state index < -0.39 is 29.0 Å². The van der Waals surface area contributed by atoms with E-state index in [1.807, 2.05) is 5.38 Å². The molecule has 7 nitrogen and oxygen atoms in total. The lowest BCUT2D eigenvalue weighted by molar-refractivity contribution is -0.137. The summed E-state index contributed by atoms with van der Waals surface area (Å²) in [6, 6.07) is 6.77. The number of hydrogen-bond acceptors (Lipinski definition) is 7. The van der Waals surface area contributed by atoms with Gasteiger partial charge in [-0.15, -0.1) is 11.3 Å². The number of morpholine rings is 1. The first-order chi connectivity index (χ1) is 16.8. The van der Waals surface area contributed by atoms with Gasteiger partial charge in [0.1, 0.15) is 11.3 Å². The minimum Gasteiger partial charge on any atom is -0.435 e. The van der Waals surface area contributed by atoms with Crippen molar-refractivity contribution in [1.29, 1.82) is 0 Å². The summed E-state index contributed by atoms with van der Waals surface area (Å²) in [7, 11) is 0. The number of nitrogens with zero attached hydrogens (tertiary/aromatic N) is 3. The molecule has 2 aromatic heterocycles. The van der Waals surface area contributed by atoms with Gasteiger partial charge in [-0.25, -0.2) is 14.4 Å². The van der Waals surface area contributed by atoms with E-state index >= 15 is 0 Å². The van der Waals surface area contributed by atoms with Gasteiger partial charge >= 0.3 is 6.18 Å². The number of carbonyl (C=O) groups excluding carboxylic acids is 1. The second-order valence-corrected chi connectivity index (χ2v) is 8.71. The van der Waals surface area contributed by atoms with Crippen LogP contribution in [0.3, 0.4) is 0 Å². The molecule has 2 aromatic carbocycles. The molecule has 0 bridgehead atoms. The molecule has 0 atom stereocenters. The summed E-state index contributed by atoms with van der Waals surface area (Å²) in [6.07, 6.45) is -4.82. The number of benzene rings is 2. The molecule has 1 aliphatic heterocycles. The Balaban J connectivity index is 1.40. The molecule has 0 spiro atoms. The van der Waals surface area contributed by atoms with Gasteiger partial charge < -0.3 is 9.15 Å². The van der Waals surface area contributed by atoms with Crippen LogP contribution in [0, 0.1) is 5.82 Å². The first-order valence-electron chi connectivity index (χ1n) is 10.6. The van der Waals surface area contributed by atoms with Crippen molar-refractivity contribution in [1.82, 2.24) is 14.9 Å². The average molecular weight is 506 g/mol. The molecule has 4 aromatic rings. The SMILES string of the molecule is O=C(Nc1nc(CN2CCOCC2)cs1)c1cccc2nc(-c3ccc(F)cc3C(F)(F)F)oc12. The zero-order chi connectivity index (χ0) is 24.6. The van der Waals surface area contributed by atoms with Crippen molar-refractivity contribution in [3.8, 4) is 11.5 Å². The lowest BCUT2D eigenvalue weighted by Gasteiger charge is -2.25. The summed E-state index contributed by atoms with van der Waals surface area (Å²) < 4.78 is 64.8. The largest absolute Gasteiger partial charge is 0.435 e. The van der Waals surface area contributed by atoms with E-state index in [2.05, 4.69) is 20.2 Å². The number of alkyl halides is 3. The van der Waals surface area contributed by atoms with Crippen LogP contribution in [0.4, 0.5) is 22.7 Å². The molecular weight excluding hydrogens is 488 g/mol. The second-order valence-electron chi connectivity index (χ2n) is 7.85. The van der Waals surface area contributed by atoms with Crippen LogP contribution < -0.4 is 5.32 Å². The maximum absolute atomic E-state index is 13.5. The fourth-order valence-corrected chi connectivity index (χ4v) is 4.47. The first-order valence-corrected chi connectivity index (χ1v) is 11.5. The van der Waals surface area contributed by atoms with Crippen molar-refractivity contribution in [3.63, 3.8) is 0 Å². The Labute approximate surface area is 200 Å². The molecule has 1 N–H and O–H groups in total. The number of oxazole rings is 1. The molecule has 1 fully saturated rings. The Morgan fingerprint density at radius 1 is 1.14 bits per heavy atom. The minimum absolute atomic E-state index is 0.0162. The summed E-state index contributed by atoms with van der Waals surface area (Å²) in [5, 5.41) is 4.94. The number of thiazole rings is 1. The van der Waals surface area contributed by atoms with Crippen LogP contribution in [0.15, 0.2) is 46.2 Å². The molecule has 5 rings (SSSR count). The van der Waals surface area contributed by atoms with E-state index in [0.717, 1.165) is 30.9 Å². The molecule has 3 heterocycles. The Morgan fingerprint density at radius 2 is 1.94 bits per heavy atom. The number of anilines is 1. The third-order valence-corrected chi connectivity index (χ3v) is 6.25. The summed E-state index contributed by atoms with van der Waals surface area (Å²) in [6.45, 7) is 3.58. The fraction of sp³-hybridized carbons (Fsp3) is 0.261. The van der Waals surface area contributed by atoms with E-state index in [4.69, 9.17) is 9.15 Å². The first kappa shape index (κ1) is 23.4. The van der Waals surface area contributed by atoms with Crippen LogP contribution in [0.2, 0.25) is 0 Å². The maximum Gasteiger partial charge on any atom is 0.417 e. The second kappa shape index (κ2) is 9.36. The topological polar surface area (TPSA) is 80.5 Å². The Kier molecular flexibility index (Phi) is 6.26. The van der Waals surface area contributed by atoms with Crippen LogP contribution >= 0.6 is 11.3 Å². The van der Waals surface area contributed by atoms with Gasteiger partial charge in [0.05, 0.1) is 30.0 Å². The third-order valence-electron chi connectivity index (χ3n) is 5.44. The number of fused-ring (bicyclic) bond motifs is 1. The summed E-state index contributed by atoms with van der Waals surface area (Å²) >= 11 is 1.27. The van der Waals surface area contributed by atoms with E-state index in [9.17, 15) is 22.4 Å². The minimum atomic E-state index is -4.82. The predicted octanol–water partition coefficient (Wildman–Crippen LogP) is 5.19. The highest BCUT2D eigenvalue weighted by Crippen LogP contribution is 2.38. The number of aromatic nitrogens is 2. The lowest BCUT2D eigenvalue weighted by Crippen LogP contribution is -2.35. The van der Waals surface area contributed by atoms with Gasteiger partial charge in [-0.2, -0.15) is 13.2 Å². The van der Waals surface area contributed by atoms with Crippen molar-refractivity contribution < 1.29 is 31.5 Å². The van der Waals surface area contributed by atoms with Gasteiger partial charge in [0.2, 0.25) is 5.89 Å². The average Bonchev–Trinajstić information content (AvgIpc) is 3.45. The number of hydrogen-bond donors (Lipinski definition) is 1. The normalized spacial score (nSPS) is 15.0. The summed E-state index contributed by atoms with van der Waals surface area (Å²) in [4.78, 5) is 23.7. The standard InChI is InChI=1S/C23H18F4N4O3S/c24-13-4-5-15(17(10-13)23(25,26)27)21-29-18-3-1-2-16(19(18)34-21)20(32)30-22-28-14(12-35-22)11-31-6-8-33-9-7-31/h1-5,10,12H,6-9,11H2,(H,28,30,32). The molecule has 1 saturated heterocycles. The highest BCUT2D eigenvalue weighted by atomic mass is 32.1. The summed E-state index contributed by atoms with van der Waals surface area (Å²) in [5.74, 6) is -1.94. The van der Waals surface area contributed by atoms with Gasteiger partial charge in [-0.3, -0.25) is 15.0 Å². The van der Waals surface area contributed by atoms with Crippen LogP contribution in [0.1, 0.15) is 21.6 Å². The molecule has 1 aliphatic rings. The molecule has 35 heavy (non-hydrogen) atoms. The van der Waals surface area contributed by atoms with Gasteiger partial charge in [0.15, 0.2) is 10.7 Å². The monoisotopic (exact) mass is 506 g/mol. The van der Waals surface area contributed by atoms with E-state index in [0.29, 0.717) is 31.0 Å². The molecule has 12 heteroatoms. The molecular formula is C23H18F4N4O3S. The van der Waals surface area contributed by atoms with Crippen molar-refractivity contribution in [2.24, 2.45) is 0 Å². The predicted molar refractivity (Wildman–Crippen MR) is 121 cm³/mol. The zero-order valence-corrected chi connectivity index (χ0v) is 18.9. The molecule has 0 aliphatic carbocycles. The van der Waals surface area contributed by atoms with Gasteiger partial charge in [-0.05, 0) is 30.3 Å². The highest BCUT2D eigenvalue weighted by Gasteiger charge is 2.35.